The van der Waals surface area contributed by atoms with E-state index in [4.69, 9.17) is 4.74 Å². The lowest BCUT2D eigenvalue weighted by molar-refractivity contribution is 0.137. The zero-order valence-corrected chi connectivity index (χ0v) is 20.9. The van der Waals surface area contributed by atoms with Crippen LogP contribution >= 0.6 is 0 Å². The van der Waals surface area contributed by atoms with Crippen LogP contribution < -0.4 is 0 Å². The van der Waals surface area contributed by atoms with Gasteiger partial charge in [0, 0.05) is 6.04 Å². The molecule has 0 aliphatic carbocycles. The molecule has 0 radical (unpaired) electrons. The number of carbonyl (C=O) groups is 1. The molecule has 3 heteroatoms. The first-order valence-electron chi connectivity index (χ1n) is 13.6. The van der Waals surface area contributed by atoms with Gasteiger partial charge in [0.15, 0.2) is 0 Å². The van der Waals surface area contributed by atoms with E-state index in [2.05, 4.69) is 32.6 Å². The maximum absolute atomic E-state index is 12.4. The highest BCUT2D eigenvalue weighted by Crippen LogP contribution is 2.28. The first kappa shape index (κ1) is 27.3. The number of unbranched alkanes of at least 4 members (excludes halogenated alkanes) is 14. The molecule has 1 rings (SSSR count). The van der Waals surface area contributed by atoms with E-state index in [9.17, 15) is 4.79 Å². The van der Waals surface area contributed by atoms with Gasteiger partial charge in [0.25, 0.3) is 0 Å². The number of hydrogen-bond acceptors (Lipinski definition) is 2. The zero-order chi connectivity index (χ0) is 22.0. The van der Waals surface area contributed by atoms with Crippen molar-refractivity contribution in [3.05, 3.63) is 0 Å². The second-order valence-corrected chi connectivity index (χ2v) is 9.90. The van der Waals surface area contributed by atoms with Gasteiger partial charge in [-0.25, -0.2) is 4.79 Å². The van der Waals surface area contributed by atoms with Gasteiger partial charge in [-0.15, -0.1) is 0 Å². The molecule has 3 atom stereocenters. The molecule has 0 aromatic heterocycles. The van der Waals surface area contributed by atoms with Gasteiger partial charge in [-0.3, -0.25) is 4.90 Å². The third-order valence-electron chi connectivity index (χ3n) is 7.07. The predicted molar refractivity (Wildman–Crippen MR) is 130 cm³/mol. The summed E-state index contributed by atoms with van der Waals surface area (Å²) in [5.41, 5.74) is 0. The topological polar surface area (TPSA) is 29.5 Å². The molecule has 1 aliphatic heterocycles. The maximum Gasteiger partial charge on any atom is 0.410 e. The van der Waals surface area contributed by atoms with Crippen molar-refractivity contribution < 1.29 is 9.53 Å². The van der Waals surface area contributed by atoms with Gasteiger partial charge in [-0.2, -0.15) is 0 Å². The molecular weight excluding hydrogens is 370 g/mol. The number of ether oxygens (including phenoxy) is 1. The lowest BCUT2D eigenvalue weighted by atomic mass is 9.93. The Labute approximate surface area is 188 Å². The van der Waals surface area contributed by atoms with Crippen LogP contribution in [0.2, 0.25) is 0 Å². The van der Waals surface area contributed by atoms with E-state index in [0.717, 1.165) is 6.42 Å². The molecule has 1 fully saturated rings. The van der Waals surface area contributed by atoms with E-state index in [1.807, 2.05) is 0 Å². The van der Waals surface area contributed by atoms with Crippen molar-refractivity contribution in [2.75, 3.05) is 6.61 Å². The van der Waals surface area contributed by atoms with Crippen LogP contribution in [0.5, 0.6) is 0 Å². The summed E-state index contributed by atoms with van der Waals surface area (Å²) in [5, 5.41) is 0. The van der Waals surface area contributed by atoms with Crippen molar-refractivity contribution in [2.24, 2.45) is 5.92 Å². The van der Waals surface area contributed by atoms with Gasteiger partial charge in [0.1, 0.15) is 6.61 Å². The number of nitrogens with zero attached hydrogens (tertiary/aromatic N) is 1. The van der Waals surface area contributed by atoms with Crippen LogP contribution in [0.25, 0.3) is 0 Å². The molecule has 0 saturated carbocycles. The molecule has 0 aromatic rings. The highest BCUT2D eigenvalue weighted by molar-refractivity contribution is 5.70. The lowest BCUT2D eigenvalue weighted by Gasteiger charge is -2.31. The van der Waals surface area contributed by atoms with Crippen LogP contribution in [-0.4, -0.2) is 29.7 Å². The fourth-order valence-electron chi connectivity index (χ4n) is 4.90. The average Bonchev–Trinajstić information content (AvgIpc) is 3.13. The number of amides is 1. The summed E-state index contributed by atoms with van der Waals surface area (Å²) in [6, 6.07) is 0.595. The summed E-state index contributed by atoms with van der Waals surface area (Å²) >= 11 is 0. The second kappa shape index (κ2) is 17.9. The van der Waals surface area contributed by atoms with E-state index >= 15 is 0 Å². The number of cyclic esters (lactones) is 1. The smallest absolute Gasteiger partial charge is 0.410 e. The monoisotopic (exact) mass is 423 g/mol. The Morgan fingerprint density at radius 3 is 1.67 bits per heavy atom. The normalized spacial score (nSPS) is 18.6. The SMILES string of the molecule is CCCCCCCCCCC(C)C1COC(=O)N1C(C)CCCCCCCCCC. The molecule has 178 valence electrons. The lowest BCUT2D eigenvalue weighted by Crippen LogP contribution is -2.43. The van der Waals surface area contributed by atoms with Crippen molar-refractivity contribution in [3.63, 3.8) is 0 Å². The van der Waals surface area contributed by atoms with Crippen molar-refractivity contribution in [1.82, 2.24) is 4.90 Å². The summed E-state index contributed by atoms with van der Waals surface area (Å²) in [6.07, 6.45) is 23.9. The average molecular weight is 424 g/mol. The van der Waals surface area contributed by atoms with Gasteiger partial charge in [-0.1, -0.05) is 124 Å². The molecule has 0 bridgehead atoms. The van der Waals surface area contributed by atoms with Gasteiger partial charge in [0.05, 0.1) is 6.04 Å². The van der Waals surface area contributed by atoms with Gasteiger partial charge in [0.2, 0.25) is 0 Å². The Morgan fingerprint density at radius 1 is 0.733 bits per heavy atom. The third kappa shape index (κ3) is 11.6. The van der Waals surface area contributed by atoms with Gasteiger partial charge < -0.3 is 4.74 Å². The molecule has 1 amide bonds. The molecule has 3 unspecified atom stereocenters. The summed E-state index contributed by atoms with van der Waals surface area (Å²) in [7, 11) is 0. The van der Waals surface area contributed by atoms with E-state index in [-0.39, 0.29) is 12.1 Å². The Balaban J connectivity index is 2.19. The number of carbonyl (C=O) groups excluding carboxylic acids is 1. The number of rotatable bonds is 20. The predicted octanol–water partition coefficient (Wildman–Crippen LogP) is 8.89. The number of hydrogen-bond donors (Lipinski definition) is 0. The summed E-state index contributed by atoms with van der Waals surface area (Å²) < 4.78 is 5.47. The van der Waals surface area contributed by atoms with Gasteiger partial charge >= 0.3 is 6.09 Å². The Hall–Kier alpha value is -0.730. The van der Waals surface area contributed by atoms with E-state index in [1.165, 1.54) is 109 Å². The molecular formula is C27H53NO2. The van der Waals surface area contributed by atoms with E-state index in [1.54, 1.807) is 0 Å². The fourth-order valence-corrected chi connectivity index (χ4v) is 4.90. The van der Waals surface area contributed by atoms with Crippen LogP contribution in [0, 0.1) is 5.92 Å². The van der Waals surface area contributed by atoms with Crippen molar-refractivity contribution in [1.29, 1.82) is 0 Å². The Bertz CT molecular complexity index is 412. The minimum Gasteiger partial charge on any atom is -0.447 e. The van der Waals surface area contributed by atoms with Gasteiger partial charge in [-0.05, 0) is 25.7 Å². The standard InChI is InChI=1S/C27H53NO2/c1-5-7-9-11-13-15-17-19-21-24(3)26-23-30-27(29)28(26)25(4)22-20-18-16-14-12-10-8-6-2/h24-26H,5-23H2,1-4H3. The molecule has 1 heterocycles. The van der Waals surface area contributed by atoms with Crippen LogP contribution in [0.3, 0.4) is 0 Å². The summed E-state index contributed by atoms with van der Waals surface area (Å²) in [5.74, 6) is 0.539. The highest BCUT2D eigenvalue weighted by Gasteiger charge is 2.38. The van der Waals surface area contributed by atoms with Crippen molar-refractivity contribution in [3.8, 4) is 0 Å². The van der Waals surface area contributed by atoms with Crippen LogP contribution in [0.1, 0.15) is 143 Å². The molecule has 30 heavy (non-hydrogen) atoms. The first-order valence-corrected chi connectivity index (χ1v) is 13.6. The van der Waals surface area contributed by atoms with Crippen LogP contribution in [-0.2, 0) is 4.74 Å². The molecule has 0 spiro atoms. The van der Waals surface area contributed by atoms with Crippen LogP contribution in [0.4, 0.5) is 4.79 Å². The molecule has 1 aliphatic rings. The first-order chi connectivity index (χ1) is 14.6. The van der Waals surface area contributed by atoms with Crippen LogP contribution in [0.15, 0.2) is 0 Å². The quantitative estimate of drug-likeness (QED) is 0.183. The minimum atomic E-state index is -0.0742. The largest absolute Gasteiger partial charge is 0.447 e. The maximum atomic E-state index is 12.4. The molecule has 0 aromatic carbocycles. The third-order valence-corrected chi connectivity index (χ3v) is 7.07. The summed E-state index contributed by atoms with van der Waals surface area (Å²) in [4.78, 5) is 14.5. The van der Waals surface area contributed by atoms with Crippen molar-refractivity contribution in [2.45, 2.75) is 155 Å². The summed E-state index contributed by atoms with van der Waals surface area (Å²) in [6.45, 7) is 9.69. The van der Waals surface area contributed by atoms with Crippen molar-refractivity contribution >= 4 is 6.09 Å². The second-order valence-electron chi connectivity index (χ2n) is 9.90. The zero-order valence-electron chi connectivity index (χ0n) is 20.9. The molecule has 3 nitrogen and oxygen atoms in total. The fraction of sp³-hybridized carbons (Fsp3) is 0.963. The molecule has 1 saturated heterocycles. The van der Waals surface area contributed by atoms with E-state index in [0.29, 0.717) is 18.6 Å². The Morgan fingerprint density at radius 2 is 1.17 bits per heavy atom. The Kier molecular flexibility index (Phi) is 16.3. The minimum absolute atomic E-state index is 0.0742. The van der Waals surface area contributed by atoms with E-state index < -0.39 is 0 Å². The molecule has 0 N–H and O–H groups in total. The highest BCUT2D eigenvalue weighted by atomic mass is 16.6.